The summed E-state index contributed by atoms with van der Waals surface area (Å²) in [6, 6.07) is 17.6. The van der Waals surface area contributed by atoms with Crippen molar-refractivity contribution >= 4 is 5.91 Å². The Hall–Kier alpha value is -2.13. The van der Waals surface area contributed by atoms with Crippen molar-refractivity contribution in [3.63, 3.8) is 0 Å². The number of hydrogen-bond donors (Lipinski definition) is 1. The fraction of sp³-hybridized carbons (Fsp3) is 0.278. The molecular formula is C18H21NO2. The van der Waals surface area contributed by atoms with Crippen LogP contribution in [0.25, 0.3) is 11.1 Å². The van der Waals surface area contributed by atoms with Gasteiger partial charge in [-0.25, -0.2) is 0 Å². The maximum Gasteiger partial charge on any atom is 0.254 e. The van der Waals surface area contributed by atoms with Crippen LogP contribution in [0.2, 0.25) is 0 Å². The van der Waals surface area contributed by atoms with Gasteiger partial charge in [0.2, 0.25) is 0 Å². The third kappa shape index (κ3) is 3.31. The SMILES string of the molecule is CN(C(=O)c1ccc(-c2ccccc2)cc1)C(C)(C)CO. The molecule has 3 heteroatoms. The van der Waals surface area contributed by atoms with E-state index in [4.69, 9.17) is 0 Å². The molecule has 0 saturated heterocycles. The summed E-state index contributed by atoms with van der Waals surface area (Å²) in [5.41, 5.74) is 2.25. The Labute approximate surface area is 125 Å². The first-order chi connectivity index (χ1) is 9.95. The molecule has 0 bridgehead atoms. The zero-order valence-electron chi connectivity index (χ0n) is 12.7. The summed E-state index contributed by atoms with van der Waals surface area (Å²) >= 11 is 0. The number of likely N-dealkylation sites (N-methyl/N-ethyl adjacent to an activating group) is 1. The number of carbonyl (C=O) groups is 1. The van der Waals surface area contributed by atoms with Gasteiger partial charge in [-0.2, -0.15) is 0 Å². The maximum atomic E-state index is 12.4. The third-order valence-electron chi connectivity index (χ3n) is 3.84. The number of nitrogens with zero attached hydrogens (tertiary/aromatic N) is 1. The lowest BCUT2D eigenvalue weighted by Gasteiger charge is -2.34. The smallest absolute Gasteiger partial charge is 0.254 e. The number of aliphatic hydroxyl groups excluding tert-OH is 1. The lowest BCUT2D eigenvalue weighted by Crippen LogP contribution is -2.47. The Morgan fingerprint density at radius 3 is 2.05 bits per heavy atom. The summed E-state index contributed by atoms with van der Waals surface area (Å²) in [7, 11) is 1.71. The first-order valence-electron chi connectivity index (χ1n) is 7.00. The Balaban J connectivity index is 2.22. The van der Waals surface area contributed by atoms with Gasteiger partial charge in [-0.05, 0) is 37.1 Å². The zero-order valence-corrected chi connectivity index (χ0v) is 12.7. The van der Waals surface area contributed by atoms with Gasteiger partial charge < -0.3 is 10.0 Å². The Kier molecular flexibility index (Phi) is 4.43. The Morgan fingerprint density at radius 1 is 1.00 bits per heavy atom. The van der Waals surface area contributed by atoms with E-state index in [0.717, 1.165) is 11.1 Å². The highest BCUT2D eigenvalue weighted by molar-refractivity contribution is 5.95. The molecule has 0 aliphatic carbocycles. The summed E-state index contributed by atoms with van der Waals surface area (Å²) in [4.78, 5) is 14.0. The van der Waals surface area contributed by atoms with Crippen molar-refractivity contribution in [2.45, 2.75) is 19.4 Å². The summed E-state index contributed by atoms with van der Waals surface area (Å²) in [5, 5.41) is 9.36. The monoisotopic (exact) mass is 283 g/mol. The molecule has 0 saturated carbocycles. The minimum Gasteiger partial charge on any atom is -0.394 e. The minimum absolute atomic E-state index is 0.0721. The van der Waals surface area contributed by atoms with E-state index in [1.165, 1.54) is 0 Å². The zero-order chi connectivity index (χ0) is 15.5. The number of carbonyl (C=O) groups excluding carboxylic acids is 1. The van der Waals surface area contributed by atoms with Crippen molar-refractivity contribution in [2.24, 2.45) is 0 Å². The molecule has 0 heterocycles. The van der Waals surface area contributed by atoms with E-state index in [1.54, 1.807) is 11.9 Å². The molecule has 0 aliphatic rings. The molecule has 2 rings (SSSR count). The maximum absolute atomic E-state index is 12.4. The van der Waals surface area contributed by atoms with Crippen LogP contribution in [-0.4, -0.2) is 35.1 Å². The van der Waals surface area contributed by atoms with Crippen molar-refractivity contribution in [3.05, 3.63) is 60.2 Å². The van der Waals surface area contributed by atoms with Crippen LogP contribution in [0.15, 0.2) is 54.6 Å². The lowest BCUT2D eigenvalue weighted by molar-refractivity contribution is 0.0473. The van der Waals surface area contributed by atoms with Crippen molar-refractivity contribution < 1.29 is 9.90 Å². The molecule has 21 heavy (non-hydrogen) atoms. The van der Waals surface area contributed by atoms with Crippen molar-refractivity contribution in [1.29, 1.82) is 0 Å². The molecule has 2 aromatic carbocycles. The van der Waals surface area contributed by atoms with Gasteiger partial charge in [0.25, 0.3) is 5.91 Å². The van der Waals surface area contributed by atoms with Gasteiger partial charge in [0.1, 0.15) is 0 Å². The topological polar surface area (TPSA) is 40.5 Å². The Bertz CT molecular complexity index is 603. The number of aliphatic hydroxyl groups is 1. The van der Waals surface area contributed by atoms with Crippen LogP contribution in [0.4, 0.5) is 0 Å². The van der Waals surface area contributed by atoms with Crippen molar-refractivity contribution in [2.75, 3.05) is 13.7 Å². The highest BCUT2D eigenvalue weighted by Gasteiger charge is 2.27. The van der Waals surface area contributed by atoms with Gasteiger partial charge in [-0.3, -0.25) is 4.79 Å². The van der Waals surface area contributed by atoms with E-state index in [2.05, 4.69) is 0 Å². The average Bonchev–Trinajstić information content (AvgIpc) is 2.54. The van der Waals surface area contributed by atoms with E-state index in [9.17, 15) is 9.90 Å². The van der Waals surface area contributed by atoms with Crippen LogP contribution >= 0.6 is 0 Å². The molecule has 0 spiro atoms. The predicted molar refractivity (Wildman–Crippen MR) is 85.1 cm³/mol. The average molecular weight is 283 g/mol. The molecule has 3 nitrogen and oxygen atoms in total. The van der Waals surface area contributed by atoms with Crippen LogP contribution in [0, 0.1) is 0 Å². The number of rotatable bonds is 4. The lowest BCUT2D eigenvalue weighted by atomic mass is 10.0. The van der Waals surface area contributed by atoms with E-state index in [1.807, 2.05) is 68.4 Å². The molecule has 110 valence electrons. The summed E-state index contributed by atoms with van der Waals surface area (Å²) < 4.78 is 0. The summed E-state index contributed by atoms with van der Waals surface area (Å²) in [5.74, 6) is -0.0892. The van der Waals surface area contributed by atoms with Gasteiger partial charge in [-0.15, -0.1) is 0 Å². The fourth-order valence-corrected chi connectivity index (χ4v) is 2.01. The predicted octanol–water partition coefficient (Wildman–Crippen LogP) is 3.20. The molecule has 0 radical (unpaired) electrons. The summed E-state index contributed by atoms with van der Waals surface area (Å²) in [6.45, 7) is 3.60. The number of hydrogen-bond acceptors (Lipinski definition) is 2. The summed E-state index contributed by atoms with van der Waals surface area (Å²) in [6.07, 6.45) is 0. The third-order valence-corrected chi connectivity index (χ3v) is 3.84. The number of amides is 1. The second-order valence-electron chi connectivity index (χ2n) is 5.78. The molecule has 1 amide bonds. The second kappa shape index (κ2) is 6.10. The molecule has 0 aliphatic heterocycles. The van der Waals surface area contributed by atoms with E-state index >= 15 is 0 Å². The molecule has 0 fully saturated rings. The van der Waals surface area contributed by atoms with E-state index in [-0.39, 0.29) is 12.5 Å². The minimum atomic E-state index is -0.574. The second-order valence-corrected chi connectivity index (χ2v) is 5.78. The standard InChI is InChI=1S/C18H21NO2/c1-18(2,13-20)19(3)17(21)16-11-9-15(10-12-16)14-7-5-4-6-8-14/h4-12,20H,13H2,1-3H3. The van der Waals surface area contributed by atoms with Gasteiger partial charge >= 0.3 is 0 Å². The van der Waals surface area contributed by atoms with Crippen LogP contribution in [-0.2, 0) is 0 Å². The molecule has 0 unspecified atom stereocenters. The Morgan fingerprint density at radius 2 is 1.52 bits per heavy atom. The molecular weight excluding hydrogens is 262 g/mol. The molecule has 2 aromatic rings. The van der Waals surface area contributed by atoms with Crippen LogP contribution < -0.4 is 0 Å². The molecule has 0 atom stereocenters. The van der Waals surface area contributed by atoms with Gasteiger partial charge in [0.15, 0.2) is 0 Å². The number of benzene rings is 2. The van der Waals surface area contributed by atoms with Crippen LogP contribution in [0.1, 0.15) is 24.2 Å². The molecule has 1 N–H and O–H groups in total. The van der Waals surface area contributed by atoms with E-state index < -0.39 is 5.54 Å². The van der Waals surface area contributed by atoms with E-state index in [0.29, 0.717) is 5.56 Å². The highest BCUT2D eigenvalue weighted by Crippen LogP contribution is 2.21. The largest absolute Gasteiger partial charge is 0.394 e. The van der Waals surface area contributed by atoms with Gasteiger partial charge in [0, 0.05) is 12.6 Å². The fourth-order valence-electron chi connectivity index (χ4n) is 2.01. The normalized spacial score (nSPS) is 11.2. The first kappa shape index (κ1) is 15.3. The van der Waals surface area contributed by atoms with Gasteiger partial charge in [-0.1, -0.05) is 42.5 Å². The first-order valence-corrected chi connectivity index (χ1v) is 7.00. The van der Waals surface area contributed by atoms with Gasteiger partial charge in [0.05, 0.1) is 12.1 Å². The molecule has 0 aromatic heterocycles. The van der Waals surface area contributed by atoms with Crippen LogP contribution in [0.5, 0.6) is 0 Å². The highest BCUT2D eigenvalue weighted by atomic mass is 16.3. The van der Waals surface area contributed by atoms with Crippen molar-refractivity contribution in [1.82, 2.24) is 4.90 Å². The van der Waals surface area contributed by atoms with Crippen LogP contribution in [0.3, 0.4) is 0 Å². The quantitative estimate of drug-likeness (QED) is 0.936. The van der Waals surface area contributed by atoms with Crippen molar-refractivity contribution in [3.8, 4) is 11.1 Å².